The van der Waals surface area contributed by atoms with Crippen molar-refractivity contribution in [3.05, 3.63) is 59.4 Å². The summed E-state index contributed by atoms with van der Waals surface area (Å²) in [6.07, 6.45) is 0.0667. The number of halogens is 1. The number of carbonyl (C=O) groups excluding carboxylic acids is 2. The van der Waals surface area contributed by atoms with Crippen LogP contribution in [0.2, 0.25) is 0 Å². The molecule has 31 heavy (non-hydrogen) atoms. The van der Waals surface area contributed by atoms with Gasteiger partial charge >= 0.3 is 0 Å². The summed E-state index contributed by atoms with van der Waals surface area (Å²) < 4.78 is 28.8. The minimum Gasteiger partial charge on any atom is -0.493 e. The lowest BCUT2D eigenvalue weighted by molar-refractivity contribution is -0.140. The molecule has 0 fully saturated rings. The van der Waals surface area contributed by atoms with Gasteiger partial charge in [-0.15, -0.1) is 0 Å². The maximum absolute atomic E-state index is 13.3. The summed E-state index contributed by atoms with van der Waals surface area (Å²) in [5.74, 6) is 0.180. The van der Waals surface area contributed by atoms with E-state index in [0.29, 0.717) is 24.7 Å². The zero-order valence-electron chi connectivity index (χ0n) is 18.3. The van der Waals surface area contributed by atoms with E-state index in [-0.39, 0.29) is 30.6 Å². The number of nitrogens with zero attached hydrogens (tertiary/aromatic N) is 1. The lowest BCUT2D eigenvalue weighted by atomic mass is 10.1. The number of ether oxygens (including phenoxy) is 3. The van der Waals surface area contributed by atoms with Gasteiger partial charge in [-0.25, -0.2) is 4.39 Å². The predicted octanol–water partition coefficient (Wildman–Crippen LogP) is 2.57. The van der Waals surface area contributed by atoms with E-state index in [1.807, 2.05) is 0 Å². The Morgan fingerprint density at radius 2 is 1.65 bits per heavy atom. The minimum absolute atomic E-state index is 0.0667. The highest BCUT2D eigenvalue weighted by Gasteiger charge is 2.26. The lowest BCUT2D eigenvalue weighted by Gasteiger charge is -2.29. The number of carbonyl (C=O) groups is 2. The molecule has 1 N–H and O–H groups in total. The monoisotopic (exact) mass is 432 g/mol. The van der Waals surface area contributed by atoms with Crippen LogP contribution in [0.4, 0.5) is 4.39 Å². The molecule has 7 nitrogen and oxygen atoms in total. The van der Waals surface area contributed by atoms with Crippen LogP contribution in [0.15, 0.2) is 42.5 Å². The summed E-state index contributed by atoms with van der Waals surface area (Å²) in [6, 6.07) is 10.4. The highest BCUT2D eigenvalue weighted by Crippen LogP contribution is 2.28. The van der Waals surface area contributed by atoms with Crippen molar-refractivity contribution in [2.45, 2.75) is 25.9 Å². The summed E-state index contributed by atoms with van der Waals surface area (Å²) in [7, 11) is 4.61. The Labute approximate surface area is 182 Å². The van der Waals surface area contributed by atoms with Crippen LogP contribution in [0.1, 0.15) is 18.1 Å². The van der Waals surface area contributed by atoms with E-state index in [1.165, 1.54) is 31.3 Å². The molecule has 2 rings (SSSR count). The summed E-state index contributed by atoms with van der Waals surface area (Å²) in [5.41, 5.74) is 1.44. The molecule has 8 heteroatoms. The molecule has 0 aliphatic heterocycles. The molecule has 0 aliphatic rings. The fourth-order valence-corrected chi connectivity index (χ4v) is 3.06. The number of amides is 2. The van der Waals surface area contributed by atoms with Crippen molar-refractivity contribution in [1.29, 1.82) is 0 Å². The van der Waals surface area contributed by atoms with Gasteiger partial charge in [0.2, 0.25) is 11.8 Å². The molecule has 168 valence electrons. The molecule has 2 aromatic carbocycles. The molecule has 0 aliphatic carbocycles. The van der Waals surface area contributed by atoms with Gasteiger partial charge < -0.3 is 24.4 Å². The van der Waals surface area contributed by atoms with E-state index in [0.717, 1.165) is 11.1 Å². The van der Waals surface area contributed by atoms with Crippen LogP contribution in [0.3, 0.4) is 0 Å². The highest BCUT2D eigenvalue weighted by molar-refractivity contribution is 5.88. The van der Waals surface area contributed by atoms with Crippen molar-refractivity contribution >= 4 is 11.8 Å². The minimum atomic E-state index is -0.727. The molecule has 0 saturated carbocycles. The van der Waals surface area contributed by atoms with Crippen LogP contribution < -0.4 is 14.8 Å². The third kappa shape index (κ3) is 6.96. The number of hydrogen-bond donors (Lipinski definition) is 1. The molecule has 0 aromatic heterocycles. The first-order valence-electron chi connectivity index (χ1n) is 9.91. The Bertz CT molecular complexity index is 873. The standard InChI is InChI=1S/C23H29FN2O5/c1-16(23(28)25-11-12-29-2)26(15-17-5-8-19(24)9-6-17)22(27)14-18-7-10-20(30-3)21(13-18)31-4/h5-10,13,16H,11-12,14-15H2,1-4H3,(H,25,28)/t16-/m1/s1. The van der Waals surface area contributed by atoms with Crippen molar-refractivity contribution in [2.75, 3.05) is 34.5 Å². The first-order chi connectivity index (χ1) is 14.9. The van der Waals surface area contributed by atoms with Gasteiger partial charge in [0.1, 0.15) is 11.9 Å². The number of methoxy groups -OCH3 is 3. The molecule has 1 atom stereocenters. The molecule has 0 saturated heterocycles. The second-order valence-corrected chi connectivity index (χ2v) is 6.97. The summed E-state index contributed by atoms with van der Waals surface area (Å²) in [5, 5.41) is 2.76. The Hall–Kier alpha value is -3.13. The molecular formula is C23H29FN2O5. The van der Waals surface area contributed by atoms with Crippen LogP contribution >= 0.6 is 0 Å². The van der Waals surface area contributed by atoms with Crippen LogP contribution in [-0.2, 0) is 27.3 Å². The maximum Gasteiger partial charge on any atom is 0.242 e. The van der Waals surface area contributed by atoms with Crippen molar-refractivity contribution < 1.29 is 28.2 Å². The Balaban J connectivity index is 2.22. The van der Waals surface area contributed by atoms with Crippen molar-refractivity contribution in [3.8, 4) is 11.5 Å². The van der Waals surface area contributed by atoms with Crippen LogP contribution in [0.5, 0.6) is 11.5 Å². The molecule has 2 aromatic rings. The Kier molecular flexibility index (Phi) is 9.27. The summed E-state index contributed by atoms with van der Waals surface area (Å²) in [4.78, 5) is 27.3. The van der Waals surface area contributed by atoms with Gasteiger partial charge in [0.25, 0.3) is 0 Å². The topological polar surface area (TPSA) is 77.1 Å². The molecule has 0 spiro atoms. The average molecular weight is 432 g/mol. The van der Waals surface area contributed by atoms with Crippen LogP contribution in [-0.4, -0.2) is 57.2 Å². The third-order valence-corrected chi connectivity index (χ3v) is 4.84. The predicted molar refractivity (Wildman–Crippen MR) is 115 cm³/mol. The SMILES string of the molecule is COCCNC(=O)[C@@H](C)N(Cc1ccc(F)cc1)C(=O)Cc1ccc(OC)c(OC)c1. The smallest absolute Gasteiger partial charge is 0.242 e. The van der Waals surface area contributed by atoms with E-state index in [4.69, 9.17) is 14.2 Å². The molecule has 0 unspecified atom stereocenters. The largest absolute Gasteiger partial charge is 0.493 e. The highest BCUT2D eigenvalue weighted by atomic mass is 19.1. The Morgan fingerprint density at radius 1 is 1.00 bits per heavy atom. The van der Waals surface area contributed by atoms with Crippen molar-refractivity contribution in [3.63, 3.8) is 0 Å². The van der Waals surface area contributed by atoms with Crippen LogP contribution in [0, 0.1) is 5.82 Å². The molecule has 2 amide bonds. The van der Waals surface area contributed by atoms with E-state index in [9.17, 15) is 14.0 Å². The fourth-order valence-electron chi connectivity index (χ4n) is 3.06. The van der Waals surface area contributed by atoms with Gasteiger partial charge in [0.05, 0.1) is 27.2 Å². The van der Waals surface area contributed by atoms with Crippen LogP contribution in [0.25, 0.3) is 0 Å². The van der Waals surface area contributed by atoms with E-state index in [1.54, 1.807) is 44.4 Å². The number of nitrogens with one attached hydrogen (secondary N) is 1. The second kappa shape index (κ2) is 11.9. The summed E-state index contributed by atoms with van der Waals surface area (Å²) in [6.45, 7) is 2.55. The summed E-state index contributed by atoms with van der Waals surface area (Å²) >= 11 is 0. The van der Waals surface area contributed by atoms with Gasteiger partial charge in [-0.1, -0.05) is 18.2 Å². The van der Waals surface area contributed by atoms with E-state index >= 15 is 0 Å². The number of rotatable bonds is 11. The normalized spacial score (nSPS) is 11.5. The average Bonchev–Trinajstić information content (AvgIpc) is 2.78. The fraction of sp³-hybridized carbons (Fsp3) is 0.391. The molecule has 0 bridgehead atoms. The van der Waals surface area contributed by atoms with E-state index in [2.05, 4.69) is 5.32 Å². The van der Waals surface area contributed by atoms with Crippen molar-refractivity contribution in [2.24, 2.45) is 0 Å². The number of hydrogen-bond acceptors (Lipinski definition) is 5. The van der Waals surface area contributed by atoms with Gasteiger partial charge in [-0.3, -0.25) is 9.59 Å². The zero-order valence-corrected chi connectivity index (χ0v) is 18.3. The second-order valence-electron chi connectivity index (χ2n) is 6.97. The molecule has 0 heterocycles. The molecular weight excluding hydrogens is 403 g/mol. The first-order valence-corrected chi connectivity index (χ1v) is 9.91. The number of benzene rings is 2. The molecule has 0 radical (unpaired) electrons. The zero-order chi connectivity index (χ0) is 22.8. The lowest BCUT2D eigenvalue weighted by Crippen LogP contribution is -2.48. The quantitative estimate of drug-likeness (QED) is 0.553. The van der Waals surface area contributed by atoms with E-state index < -0.39 is 6.04 Å². The van der Waals surface area contributed by atoms with Crippen molar-refractivity contribution in [1.82, 2.24) is 10.2 Å². The van der Waals surface area contributed by atoms with Gasteiger partial charge in [-0.05, 0) is 42.3 Å². The van der Waals surface area contributed by atoms with Gasteiger partial charge in [-0.2, -0.15) is 0 Å². The maximum atomic E-state index is 13.3. The Morgan fingerprint density at radius 3 is 2.26 bits per heavy atom. The first kappa shape index (κ1) is 24.1. The van der Waals surface area contributed by atoms with Gasteiger partial charge in [0.15, 0.2) is 11.5 Å². The third-order valence-electron chi connectivity index (χ3n) is 4.84. The van der Waals surface area contributed by atoms with Gasteiger partial charge in [0, 0.05) is 20.2 Å².